The van der Waals surface area contributed by atoms with Crippen molar-refractivity contribution in [2.24, 2.45) is 5.92 Å². The van der Waals surface area contributed by atoms with Crippen LogP contribution in [-0.2, 0) is 0 Å². The number of para-hydroxylation sites is 1. The van der Waals surface area contributed by atoms with Crippen LogP contribution in [0.15, 0.2) is 48.5 Å². The molecule has 5 heteroatoms. The number of hydrogen-bond donors (Lipinski definition) is 1. The van der Waals surface area contributed by atoms with E-state index in [1.165, 1.54) is 0 Å². The van der Waals surface area contributed by atoms with E-state index in [4.69, 9.17) is 17.3 Å². The molecule has 1 aliphatic heterocycles. The van der Waals surface area contributed by atoms with Crippen LogP contribution < -0.4 is 5.73 Å². The number of ketones is 1. The Morgan fingerprint density at radius 1 is 1.00 bits per heavy atom. The number of nitrogen functional groups attached to an aromatic ring is 1. The van der Waals surface area contributed by atoms with Gasteiger partial charge in [-0.15, -0.1) is 0 Å². The average molecular weight is 343 g/mol. The molecular weight excluding hydrogens is 324 g/mol. The van der Waals surface area contributed by atoms with Gasteiger partial charge in [0.15, 0.2) is 5.78 Å². The van der Waals surface area contributed by atoms with Crippen LogP contribution in [0.3, 0.4) is 0 Å². The highest BCUT2D eigenvalue weighted by molar-refractivity contribution is 6.30. The second kappa shape index (κ2) is 7.05. The summed E-state index contributed by atoms with van der Waals surface area (Å²) < 4.78 is 0. The second-order valence-corrected chi connectivity index (χ2v) is 6.46. The molecule has 2 aromatic carbocycles. The number of nitrogens with two attached hydrogens (primary N) is 1. The Labute approximate surface area is 146 Å². The highest BCUT2D eigenvalue weighted by Gasteiger charge is 2.28. The Hall–Kier alpha value is -2.33. The molecule has 124 valence electrons. The minimum Gasteiger partial charge on any atom is -0.398 e. The Kier molecular flexibility index (Phi) is 4.86. The summed E-state index contributed by atoms with van der Waals surface area (Å²) in [6, 6.07) is 14.0. The highest BCUT2D eigenvalue weighted by Crippen LogP contribution is 2.24. The fraction of sp³-hybridized carbons (Fsp3) is 0.263. The number of carbonyl (C=O) groups is 2. The molecule has 0 aromatic heterocycles. The first-order valence-corrected chi connectivity index (χ1v) is 8.37. The number of likely N-dealkylation sites (tertiary alicyclic amines) is 1. The molecule has 1 heterocycles. The summed E-state index contributed by atoms with van der Waals surface area (Å²) >= 11 is 5.86. The van der Waals surface area contributed by atoms with Gasteiger partial charge in [-0.25, -0.2) is 0 Å². The number of amides is 1. The smallest absolute Gasteiger partial charge is 0.255 e. The Bertz CT molecular complexity index is 750. The van der Waals surface area contributed by atoms with Gasteiger partial charge in [0.25, 0.3) is 5.91 Å². The van der Waals surface area contributed by atoms with Crippen molar-refractivity contribution in [3.63, 3.8) is 0 Å². The molecular formula is C19H19ClN2O2. The van der Waals surface area contributed by atoms with E-state index in [2.05, 4.69) is 0 Å². The maximum absolute atomic E-state index is 12.6. The van der Waals surface area contributed by atoms with Gasteiger partial charge in [0.05, 0.1) is 5.56 Å². The van der Waals surface area contributed by atoms with Crippen molar-refractivity contribution in [1.82, 2.24) is 4.90 Å². The minimum atomic E-state index is -0.0644. The predicted octanol–water partition coefficient (Wildman–Crippen LogP) is 3.66. The van der Waals surface area contributed by atoms with E-state index in [1.807, 2.05) is 6.07 Å². The topological polar surface area (TPSA) is 63.4 Å². The number of anilines is 1. The quantitative estimate of drug-likeness (QED) is 0.684. The van der Waals surface area contributed by atoms with Gasteiger partial charge in [-0.3, -0.25) is 9.59 Å². The van der Waals surface area contributed by atoms with Gasteiger partial charge in [-0.05, 0) is 49.2 Å². The molecule has 0 unspecified atom stereocenters. The number of Topliss-reactive ketones (excluding diaryl/α,β-unsaturated/α-hetero) is 1. The zero-order chi connectivity index (χ0) is 17.1. The van der Waals surface area contributed by atoms with Crippen LogP contribution in [0, 0.1) is 5.92 Å². The van der Waals surface area contributed by atoms with E-state index in [0.717, 1.165) is 0 Å². The van der Waals surface area contributed by atoms with Gasteiger partial charge in [0.2, 0.25) is 0 Å². The van der Waals surface area contributed by atoms with Gasteiger partial charge < -0.3 is 10.6 Å². The van der Waals surface area contributed by atoms with Crippen LogP contribution in [0.4, 0.5) is 5.69 Å². The largest absolute Gasteiger partial charge is 0.398 e. The molecule has 24 heavy (non-hydrogen) atoms. The van der Waals surface area contributed by atoms with Gasteiger partial charge >= 0.3 is 0 Å². The van der Waals surface area contributed by atoms with E-state index in [9.17, 15) is 9.59 Å². The first-order valence-electron chi connectivity index (χ1n) is 8.00. The monoisotopic (exact) mass is 342 g/mol. The number of benzene rings is 2. The lowest BCUT2D eigenvalue weighted by Crippen LogP contribution is -2.40. The van der Waals surface area contributed by atoms with Crippen LogP contribution in [0.5, 0.6) is 0 Å². The highest BCUT2D eigenvalue weighted by atomic mass is 35.5. The molecule has 2 aromatic rings. The molecule has 1 amide bonds. The number of hydrogen-bond acceptors (Lipinski definition) is 3. The van der Waals surface area contributed by atoms with Gasteiger partial charge in [0, 0.05) is 35.3 Å². The maximum Gasteiger partial charge on any atom is 0.255 e. The third-order valence-corrected chi connectivity index (χ3v) is 4.72. The zero-order valence-electron chi connectivity index (χ0n) is 13.2. The fourth-order valence-electron chi connectivity index (χ4n) is 3.06. The van der Waals surface area contributed by atoms with Crippen molar-refractivity contribution >= 4 is 29.0 Å². The second-order valence-electron chi connectivity index (χ2n) is 6.02. The van der Waals surface area contributed by atoms with Gasteiger partial charge in [-0.2, -0.15) is 0 Å². The lowest BCUT2D eigenvalue weighted by Gasteiger charge is -2.31. The van der Waals surface area contributed by atoms with Crippen LogP contribution in [0.25, 0.3) is 0 Å². The summed E-state index contributed by atoms with van der Waals surface area (Å²) in [5, 5.41) is 0.618. The number of piperidine rings is 1. The molecule has 2 N–H and O–H groups in total. The molecule has 1 fully saturated rings. The average Bonchev–Trinajstić information content (AvgIpc) is 2.62. The van der Waals surface area contributed by atoms with Crippen molar-refractivity contribution in [3.8, 4) is 0 Å². The molecule has 0 saturated carbocycles. The first kappa shape index (κ1) is 16.5. The van der Waals surface area contributed by atoms with E-state index in [1.54, 1.807) is 47.4 Å². The third kappa shape index (κ3) is 3.44. The maximum atomic E-state index is 12.6. The molecule has 3 rings (SSSR count). The van der Waals surface area contributed by atoms with Crippen molar-refractivity contribution in [2.75, 3.05) is 18.8 Å². The lowest BCUT2D eigenvalue weighted by atomic mass is 9.88. The predicted molar refractivity (Wildman–Crippen MR) is 95.3 cm³/mol. The molecule has 0 bridgehead atoms. The van der Waals surface area contributed by atoms with E-state index >= 15 is 0 Å². The van der Waals surface area contributed by atoms with Crippen LogP contribution in [-0.4, -0.2) is 29.7 Å². The zero-order valence-corrected chi connectivity index (χ0v) is 14.0. The summed E-state index contributed by atoms with van der Waals surface area (Å²) in [4.78, 5) is 26.9. The Balaban J connectivity index is 1.63. The first-order chi connectivity index (χ1) is 11.6. The Morgan fingerprint density at radius 2 is 1.62 bits per heavy atom. The molecule has 4 nitrogen and oxygen atoms in total. The summed E-state index contributed by atoms with van der Waals surface area (Å²) in [6.45, 7) is 1.13. The molecule has 1 saturated heterocycles. The van der Waals surface area contributed by atoms with Crippen molar-refractivity contribution in [1.29, 1.82) is 0 Å². The summed E-state index contributed by atoms with van der Waals surface area (Å²) in [6.07, 6.45) is 1.33. The summed E-state index contributed by atoms with van der Waals surface area (Å²) in [5.74, 6) is 0.00632. The molecule has 1 aliphatic rings. The van der Waals surface area contributed by atoms with Crippen molar-refractivity contribution in [3.05, 3.63) is 64.7 Å². The summed E-state index contributed by atoms with van der Waals surface area (Å²) in [5.41, 5.74) is 7.57. The lowest BCUT2D eigenvalue weighted by molar-refractivity contribution is 0.0651. The normalized spacial score (nSPS) is 15.3. The molecule has 0 atom stereocenters. The van der Waals surface area contributed by atoms with Crippen LogP contribution in [0.2, 0.25) is 5.02 Å². The van der Waals surface area contributed by atoms with Crippen LogP contribution >= 0.6 is 11.6 Å². The number of rotatable bonds is 3. The Morgan fingerprint density at radius 3 is 2.25 bits per heavy atom. The third-order valence-electron chi connectivity index (χ3n) is 4.47. The van der Waals surface area contributed by atoms with Gasteiger partial charge in [-0.1, -0.05) is 23.7 Å². The SMILES string of the molecule is Nc1ccccc1C(=O)N1CCC(C(=O)c2ccc(Cl)cc2)CC1. The number of halogens is 1. The van der Waals surface area contributed by atoms with Crippen molar-refractivity contribution in [2.45, 2.75) is 12.8 Å². The van der Waals surface area contributed by atoms with Gasteiger partial charge in [0.1, 0.15) is 0 Å². The number of carbonyl (C=O) groups excluding carboxylic acids is 2. The minimum absolute atomic E-state index is 0.0525. The summed E-state index contributed by atoms with van der Waals surface area (Å²) in [7, 11) is 0. The molecule has 0 spiro atoms. The van der Waals surface area contributed by atoms with E-state index in [0.29, 0.717) is 47.8 Å². The fourth-order valence-corrected chi connectivity index (χ4v) is 3.18. The van der Waals surface area contributed by atoms with E-state index < -0.39 is 0 Å². The molecule has 0 radical (unpaired) electrons. The van der Waals surface area contributed by atoms with Crippen LogP contribution in [0.1, 0.15) is 33.6 Å². The van der Waals surface area contributed by atoms with Crippen molar-refractivity contribution < 1.29 is 9.59 Å². The van der Waals surface area contributed by atoms with E-state index in [-0.39, 0.29) is 17.6 Å². The number of nitrogens with zero attached hydrogens (tertiary/aromatic N) is 1. The molecule has 0 aliphatic carbocycles. The standard InChI is InChI=1S/C19H19ClN2O2/c20-15-7-5-13(6-8-15)18(23)14-9-11-22(12-10-14)19(24)16-3-1-2-4-17(16)21/h1-8,14H,9-12,21H2.